The summed E-state index contributed by atoms with van der Waals surface area (Å²) < 4.78 is 5.73. The molecule has 0 heterocycles. The smallest absolute Gasteiger partial charge is 0.118 e. The van der Waals surface area contributed by atoms with Crippen LogP contribution in [-0.4, -0.2) is 6.61 Å². The average Bonchev–Trinajstić information content (AvgIpc) is 2.73. The fourth-order valence-corrected chi connectivity index (χ4v) is 1.73. The molecule has 0 amide bonds. The molecule has 0 fully saturated rings. The summed E-state index contributed by atoms with van der Waals surface area (Å²) in [6, 6.07) is 0. The Labute approximate surface area is 103 Å². The highest BCUT2D eigenvalue weighted by atomic mass is 16.5. The molecule has 0 unspecified atom stereocenters. The summed E-state index contributed by atoms with van der Waals surface area (Å²) in [4.78, 5) is 0. The van der Waals surface area contributed by atoms with E-state index in [2.05, 4.69) is 42.5 Å². The summed E-state index contributed by atoms with van der Waals surface area (Å²) in [6.07, 6.45) is 24.1. The van der Waals surface area contributed by atoms with Crippen LogP contribution in [0.25, 0.3) is 0 Å². The number of allylic oxidation sites excluding steroid dienone is 10. The fourth-order valence-electron chi connectivity index (χ4n) is 1.73. The lowest BCUT2D eigenvalue weighted by Gasteiger charge is -2.06. The van der Waals surface area contributed by atoms with Crippen LogP contribution in [0.15, 0.2) is 72.1 Å². The van der Waals surface area contributed by atoms with E-state index in [0.717, 1.165) is 31.6 Å². The summed E-state index contributed by atoms with van der Waals surface area (Å²) >= 11 is 0. The standard InChI is InChI=1S/C16H18O/c1-2-6-10-15(9-5-1)13-14-17-16-11-7-3-4-8-12-16/h1,3,5-12H,2,4,13-14H2. The van der Waals surface area contributed by atoms with Crippen molar-refractivity contribution in [1.82, 2.24) is 0 Å². The van der Waals surface area contributed by atoms with Crippen molar-refractivity contribution in [2.75, 3.05) is 6.61 Å². The molecular formula is C16H18O. The van der Waals surface area contributed by atoms with Crippen molar-refractivity contribution in [3.63, 3.8) is 0 Å². The third-order valence-corrected chi connectivity index (χ3v) is 2.66. The zero-order chi connectivity index (χ0) is 11.8. The molecule has 0 saturated carbocycles. The monoisotopic (exact) mass is 226 g/mol. The van der Waals surface area contributed by atoms with E-state index >= 15 is 0 Å². The molecule has 0 aromatic heterocycles. The summed E-state index contributed by atoms with van der Waals surface area (Å²) in [6.45, 7) is 0.730. The van der Waals surface area contributed by atoms with Crippen LogP contribution in [0.1, 0.15) is 19.3 Å². The predicted molar refractivity (Wildman–Crippen MR) is 72.5 cm³/mol. The van der Waals surface area contributed by atoms with Gasteiger partial charge < -0.3 is 4.74 Å². The van der Waals surface area contributed by atoms with Crippen molar-refractivity contribution in [2.24, 2.45) is 0 Å². The molecule has 0 atom stereocenters. The number of rotatable bonds is 4. The van der Waals surface area contributed by atoms with Crippen LogP contribution in [-0.2, 0) is 4.74 Å². The normalized spacial score (nSPS) is 18.4. The minimum absolute atomic E-state index is 0.730. The van der Waals surface area contributed by atoms with Crippen LogP contribution in [0.5, 0.6) is 0 Å². The van der Waals surface area contributed by atoms with Crippen LogP contribution in [0.4, 0.5) is 0 Å². The van der Waals surface area contributed by atoms with E-state index in [-0.39, 0.29) is 0 Å². The summed E-state index contributed by atoms with van der Waals surface area (Å²) in [5, 5.41) is 0. The lowest BCUT2D eigenvalue weighted by molar-refractivity contribution is 0.229. The third-order valence-electron chi connectivity index (χ3n) is 2.66. The first kappa shape index (κ1) is 11.7. The van der Waals surface area contributed by atoms with E-state index in [1.807, 2.05) is 18.2 Å². The first-order valence-corrected chi connectivity index (χ1v) is 6.13. The Bertz CT molecular complexity index is 377. The van der Waals surface area contributed by atoms with Gasteiger partial charge in [0.15, 0.2) is 0 Å². The molecular weight excluding hydrogens is 208 g/mol. The molecule has 17 heavy (non-hydrogen) atoms. The maximum Gasteiger partial charge on any atom is 0.118 e. The zero-order valence-corrected chi connectivity index (χ0v) is 10.0. The minimum atomic E-state index is 0.730. The van der Waals surface area contributed by atoms with E-state index in [9.17, 15) is 0 Å². The molecule has 2 aliphatic carbocycles. The van der Waals surface area contributed by atoms with Gasteiger partial charge in [0, 0.05) is 6.42 Å². The molecule has 1 heteroatoms. The molecule has 0 aromatic carbocycles. The maximum atomic E-state index is 5.73. The van der Waals surface area contributed by atoms with Gasteiger partial charge in [-0.25, -0.2) is 0 Å². The molecule has 2 rings (SSSR count). The van der Waals surface area contributed by atoms with Crippen molar-refractivity contribution in [3.8, 4) is 0 Å². The third kappa shape index (κ3) is 4.31. The maximum absolute atomic E-state index is 5.73. The van der Waals surface area contributed by atoms with Crippen LogP contribution in [0, 0.1) is 0 Å². The van der Waals surface area contributed by atoms with Crippen molar-refractivity contribution in [1.29, 1.82) is 0 Å². The Hall–Kier alpha value is -1.76. The Kier molecular flexibility index (Phi) is 4.65. The number of hydrogen-bond acceptors (Lipinski definition) is 1. The van der Waals surface area contributed by atoms with Crippen LogP contribution in [0.3, 0.4) is 0 Å². The second-order valence-electron chi connectivity index (χ2n) is 4.04. The molecule has 1 nitrogen and oxygen atoms in total. The fraction of sp³-hybridized carbons (Fsp3) is 0.250. The molecule has 0 radical (unpaired) electrons. The van der Waals surface area contributed by atoms with E-state index in [1.165, 1.54) is 5.57 Å². The van der Waals surface area contributed by atoms with Crippen LogP contribution in [0.2, 0.25) is 0 Å². The van der Waals surface area contributed by atoms with Gasteiger partial charge in [-0.2, -0.15) is 0 Å². The largest absolute Gasteiger partial charge is 0.493 e. The average molecular weight is 226 g/mol. The first-order valence-electron chi connectivity index (χ1n) is 6.13. The van der Waals surface area contributed by atoms with Crippen LogP contribution < -0.4 is 0 Å². The highest BCUT2D eigenvalue weighted by Crippen LogP contribution is 2.11. The van der Waals surface area contributed by atoms with E-state index in [4.69, 9.17) is 4.74 Å². The second-order valence-corrected chi connectivity index (χ2v) is 4.04. The van der Waals surface area contributed by atoms with Crippen molar-refractivity contribution in [2.45, 2.75) is 19.3 Å². The van der Waals surface area contributed by atoms with Crippen molar-refractivity contribution < 1.29 is 4.74 Å². The van der Waals surface area contributed by atoms with Crippen molar-refractivity contribution in [3.05, 3.63) is 72.1 Å². The van der Waals surface area contributed by atoms with Gasteiger partial charge in [0.05, 0.1) is 6.61 Å². The molecule has 0 bridgehead atoms. The van der Waals surface area contributed by atoms with Gasteiger partial charge in [-0.1, -0.05) is 48.6 Å². The van der Waals surface area contributed by atoms with Gasteiger partial charge in [-0.15, -0.1) is 0 Å². The topological polar surface area (TPSA) is 9.23 Å². The SMILES string of the molecule is C1=CCC=CC(CCOC2=CC=CCC=C2)=C1. The number of hydrogen-bond donors (Lipinski definition) is 0. The molecule has 0 aromatic rings. The molecule has 0 aliphatic heterocycles. The highest BCUT2D eigenvalue weighted by Gasteiger charge is 1.97. The molecule has 0 N–H and O–H groups in total. The van der Waals surface area contributed by atoms with E-state index < -0.39 is 0 Å². The summed E-state index contributed by atoms with van der Waals surface area (Å²) in [7, 11) is 0. The Balaban J connectivity index is 1.79. The molecule has 0 spiro atoms. The van der Waals surface area contributed by atoms with Gasteiger partial charge >= 0.3 is 0 Å². The van der Waals surface area contributed by atoms with E-state index in [0.29, 0.717) is 0 Å². The first-order chi connectivity index (χ1) is 8.45. The lowest BCUT2D eigenvalue weighted by atomic mass is 10.2. The Morgan fingerprint density at radius 2 is 1.65 bits per heavy atom. The zero-order valence-electron chi connectivity index (χ0n) is 10.0. The summed E-state index contributed by atoms with van der Waals surface area (Å²) in [5.74, 6) is 0.951. The predicted octanol–water partition coefficient (Wildman–Crippen LogP) is 4.24. The van der Waals surface area contributed by atoms with Gasteiger partial charge in [0.1, 0.15) is 5.76 Å². The number of ether oxygens (including phenoxy) is 1. The van der Waals surface area contributed by atoms with Gasteiger partial charge in [0.25, 0.3) is 0 Å². The second kappa shape index (κ2) is 6.74. The lowest BCUT2D eigenvalue weighted by Crippen LogP contribution is -1.94. The van der Waals surface area contributed by atoms with Gasteiger partial charge in [-0.3, -0.25) is 0 Å². The van der Waals surface area contributed by atoms with Gasteiger partial charge in [0.2, 0.25) is 0 Å². The molecule has 0 saturated heterocycles. The molecule has 88 valence electrons. The Morgan fingerprint density at radius 3 is 2.53 bits per heavy atom. The van der Waals surface area contributed by atoms with Crippen LogP contribution >= 0.6 is 0 Å². The Morgan fingerprint density at radius 1 is 0.882 bits per heavy atom. The van der Waals surface area contributed by atoms with Gasteiger partial charge in [-0.05, 0) is 30.6 Å². The van der Waals surface area contributed by atoms with E-state index in [1.54, 1.807) is 0 Å². The quantitative estimate of drug-likeness (QED) is 0.696. The molecule has 2 aliphatic rings. The highest BCUT2D eigenvalue weighted by molar-refractivity contribution is 5.27. The van der Waals surface area contributed by atoms with Crippen molar-refractivity contribution >= 4 is 0 Å². The minimum Gasteiger partial charge on any atom is -0.493 e. The summed E-state index contributed by atoms with van der Waals surface area (Å²) in [5.41, 5.74) is 1.33.